The van der Waals surface area contributed by atoms with Gasteiger partial charge in [0, 0.05) is 51.0 Å². The lowest BCUT2D eigenvalue weighted by Gasteiger charge is -2.51. The number of hydrogen-bond donors (Lipinski definition) is 0. The van der Waals surface area contributed by atoms with Crippen molar-refractivity contribution >= 4 is 28.2 Å². The highest BCUT2D eigenvalue weighted by atomic mass is 35.5. The van der Waals surface area contributed by atoms with E-state index in [2.05, 4.69) is 4.90 Å². The quantitative estimate of drug-likeness (QED) is 0.463. The van der Waals surface area contributed by atoms with Gasteiger partial charge in [-0.15, -0.1) is 12.4 Å². The summed E-state index contributed by atoms with van der Waals surface area (Å²) in [4.78, 5) is 15.1. The molecule has 2 fully saturated rings. The Kier molecular flexibility index (Phi) is 9.68. The van der Waals surface area contributed by atoms with E-state index in [0.29, 0.717) is 63.2 Å². The lowest BCUT2D eigenvalue weighted by atomic mass is 9.74. The molecule has 2 aliphatic rings. The summed E-state index contributed by atoms with van der Waals surface area (Å²) in [5.41, 5.74) is -0.0123. The SMILES string of the molecule is CCCS(=O)(=O)N1CCN(C2(CCC(=O)c3ccccc3OC)CCC(F)(F)CC2)CC1.Cl. The zero-order chi connectivity index (χ0) is 23.4. The number of rotatable bonds is 9. The van der Waals surface area contributed by atoms with Crippen molar-refractivity contribution in [3.63, 3.8) is 0 Å². The van der Waals surface area contributed by atoms with Crippen molar-refractivity contribution in [3.05, 3.63) is 29.8 Å². The second-order valence-corrected chi connectivity index (χ2v) is 11.0. The van der Waals surface area contributed by atoms with E-state index in [4.69, 9.17) is 4.74 Å². The third-order valence-electron chi connectivity index (χ3n) is 6.90. The molecule has 0 spiro atoms. The summed E-state index contributed by atoms with van der Waals surface area (Å²) >= 11 is 0. The summed E-state index contributed by atoms with van der Waals surface area (Å²) in [6.45, 7) is 3.56. The monoisotopic (exact) mass is 508 g/mol. The Bertz CT molecular complexity index is 895. The fourth-order valence-electron chi connectivity index (χ4n) is 4.99. The van der Waals surface area contributed by atoms with Crippen LogP contribution in [0.3, 0.4) is 0 Å². The molecule has 10 heteroatoms. The molecule has 0 amide bonds. The van der Waals surface area contributed by atoms with E-state index in [1.807, 2.05) is 6.92 Å². The number of alkyl halides is 2. The molecule has 33 heavy (non-hydrogen) atoms. The molecule has 0 atom stereocenters. The Morgan fingerprint density at radius 2 is 1.67 bits per heavy atom. The van der Waals surface area contributed by atoms with Gasteiger partial charge in [0.25, 0.3) is 0 Å². The molecule has 1 heterocycles. The summed E-state index contributed by atoms with van der Waals surface area (Å²) in [6, 6.07) is 7.04. The van der Waals surface area contributed by atoms with Crippen LogP contribution in [0, 0.1) is 0 Å². The minimum atomic E-state index is -3.28. The normalized spacial score (nSPS) is 21.2. The Hall–Kier alpha value is -1.29. The number of methoxy groups -OCH3 is 1. The molecule has 1 aromatic rings. The number of para-hydroxylation sites is 1. The Morgan fingerprint density at radius 1 is 1.06 bits per heavy atom. The molecular formula is C23H35ClF2N2O4S. The molecular weight excluding hydrogens is 474 g/mol. The summed E-state index contributed by atoms with van der Waals surface area (Å²) in [5.74, 6) is -2.11. The first-order chi connectivity index (χ1) is 15.1. The predicted molar refractivity (Wildman–Crippen MR) is 127 cm³/mol. The zero-order valence-corrected chi connectivity index (χ0v) is 21.0. The van der Waals surface area contributed by atoms with Crippen LogP contribution in [-0.4, -0.2) is 73.9 Å². The lowest BCUT2D eigenvalue weighted by Crippen LogP contribution is -2.60. The van der Waals surface area contributed by atoms with Crippen LogP contribution >= 0.6 is 12.4 Å². The van der Waals surface area contributed by atoms with Gasteiger partial charge < -0.3 is 4.74 Å². The fraction of sp³-hybridized carbons (Fsp3) is 0.696. The van der Waals surface area contributed by atoms with Crippen LogP contribution in [0.15, 0.2) is 24.3 Å². The molecule has 3 rings (SSSR count). The number of carbonyl (C=O) groups excluding carboxylic acids is 1. The van der Waals surface area contributed by atoms with Gasteiger partial charge in [0.1, 0.15) is 5.75 Å². The van der Waals surface area contributed by atoms with E-state index in [-0.39, 0.29) is 43.2 Å². The van der Waals surface area contributed by atoms with Crippen molar-refractivity contribution in [1.29, 1.82) is 0 Å². The smallest absolute Gasteiger partial charge is 0.248 e. The maximum Gasteiger partial charge on any atom is 0.248 e. The molecule has 1 aliphatic carbocycles. The molecule has 1 saturated carbocycles. The third kappa shape index (κ3) is 6.65. The van der Waals surface area contributed by atoms with E-state index >= 15 is 0 Å². The molecule has 0 bridgehead atoms. The van der Waals surface area contributed by atoms with Gasteiger partial charge in [-0.3, -0.25) is 9.69 Å². The number of Topliss-reactive ketones (excluding diaryl/α,β-unsaturated/α-hetero) is 1. The number of ketones is 1. The summed E-state index contributed by atoms with van der Waals surface area (Å²) < 4.78 is 59.6. The van der Waals surface area contributed by atoms with Crippen molar-refractivity contribution in [1.82, 2.24) is 9.21 Å². The van der Waals surface area contributed by atoms with Crippen molar-refractivity contribution in [2.75, 3.05) is 39.0 Å². The van der Waals surface area contributed by atoms with Gasteiger partial charge in [-0.25, -0.2) is 17.2 Å². The van der Waals surface area contributed by atoms with Gasteiger partial charge in [-0.1, -0.05) is 19.1 Å². The lowest BCUT2D eigenvalue weighted by molar-refractivity contribution is -0.0891. The minimum Gasteiger partial charge on any atom is -0.496 e. The number of sulfonamides is 1. The number of hydrogen-bond acceptors (Lipinski definition) is 5. The molecule has 0 N–H and O–H groups in total. The Balaban J connectivity index is 0.00000385. The van der Waals surface area contributed by atoms with Crippen LogP contribution < -0.4 is 4.74 Å². The second kappa shape index (κ2) is 11.4. The first-order valence-electron chi connectivity index (χ1n) is 11.4. The Morgan fingerprint density at radius 3 is 2.24 bits per heavy atom. The first kappa shape index (κ1) is 28.0. The highest BCUT2D eigenvalue weighted by Crippen LogP contribution is 2.44. The van der Waals surface area contributed by atoms with Crippen LogP contribution in [0.4, 0.5) is 8.78 Å². The van der Waals surface area contributed by atoms with E-state index in [9.17, 15) is 22.0 Å². The van der Waals surface area contributed by atoms with Crippen molar-refractivity contribution in [3.8, 4) is 5.75 Å². The molecule has 0 radical (unpaired) electrons. The summed E-state index contributed by atoms with van der Waals surface area (Å²) in [5, 5.41) is 0. The Labute approximate surface area is 202 Å². The van der Waals surface area contributed by atoms with Gasteiger partial charge in [0.2, 0.25) is 15.9 Å². The molecule has 6 nitrogen and oxygen atoms in total. The maximum atomic E-state index is 14.0. The molecule has 1 aliphatic heterocycles. The predicted octanol–water partition coefficient (Wildman–Crippen LogP) is 4.39. The van der Waals surface area contributed by atoms with Gasteiger partial charge >= 0.3 is 0 Å². The minimum absolute atomic E-state index is 0. The molecule has 1 aromatic carbocycles. The third-order valence-corrected chi connectivity index (χ3v) is 8.98. The van der Waals surface area contributed by atoms with Crippen molar-refractivity contribution < 1.29 is 26.7 Å². The number of nitrogens with zero attached hydrogens (tertiary/aromatic N) is 2. The summed E-state index contributed by atoms with van der Waals surface area (Å²) in [7, 11) is -1.76. The van der Waals surface area contributed by atoms with Gasteiger partial charge in [-0.05, 0) is 37.8 Å². The first-order valence-corrected chi connectivity index (χ1v) is 13.0. The number of benzene rings is 1. The standard InChI is InChI=1S/C23H34F2N2O4S.ClH/c1-3-18-32(29,30)27-16-14-26(15-17-27)22(10-12-23(24,25)13-11-22)9-8-20(28)19-6-4-5-7-21(19)31-2;/h4-7H,3,8-18H2,1-2H3;1H. The van der Waals surface area contributed by atoms with E-state index in [1.54, 1.807) is 24.3 Å². The topological polar surface area (TPSA) is 66.9 Å². The number of carbonyl (C=O) groups is 1. The van der Waals surface area contributed by atoms with Crippen molar-refractivity contribution in [2.24, 2.45) is 0 Å². The zero-order valence-electron chi connectivity index (χ0n) is 19.4. The maximum absolute atomic E-state index is 14.0. The van der Waals surface area contributed by atoms with E-state index in [0.717, 1.165) is 0 Å². The van der Waals surface area contributed by atoms with Crippen LogP contribution in [0.1, 0.15) is 62.2 Å². The molecule has 1 saturated heterocycles. The molecule has 0 unspecified atom stereocenters. The molecule has 0 aromatic heterocycles. The fourth-order valence-corrected chi connectivity index (χ4v) is 6.48. The second-order valence-electron chi connectivity index (χ2n) is 8.91. The molecule has 188 valence electrons. The van der Waals surface area contributed by atoms with Crippen LogP contribution in [0.25, 0.3) is 0 Å². The average Bonchev–Trinajstić information content (AvgIpc) is 2.78. The number of halogens is 3. The van der Waals surface area contributed by atoms with E-state index in [1.165, 1.54) is 11.4 Å². The average molecular weight is 509 g/mol. The largest absolute Gasteiger partial charge is 0.496 e. The van der Waals surface area contributed by atoms with Crippen LogP contribution in [0.5, 0.6) is 5.75 Å². The number of ether oxygens (including phenoxy) is 1. The van der Waals surface area contributed by atoms with Gasteiger partial charge in [-0.2, -0.15) is 4.31 Å². The van der Waals surface area contributed by atoms with Crippen LogP contribution in [-0.2, 0) is 10.0 Å². The summed E-state index contributed by atoms with van der Waals surface area (Å²) in [6.07, 6.45) is 1.48. The highest BCUT2D eigenvalue weighted by molar-refractivity contribution is 7.89. The number of piperazine rings is 1. The highest BCUT2D eigenvalue weighted by Gasteiger charge is 2.47. The van der Waals surface area contributed by atoms with Crippen molar-refractivity contribution in [2.45, 2.75) is 63.3 Å². The van der Waals surface area contributed by atoms with E-state index < -0.39 is 21.5 Å². The van der Waals surface area contributed by atoms with Crippen LogP contribution in [0.2, 0.25) is 0 Å². The van der Waals surface area contributed by atoms with Gasteiger partial charge in [0.05, 0.1) is 18.4 Å². The van der Waals surface area contributed by atoms with Gasteiger partial charge in [0.15, 0.2) is 5.78 Å².